The lowest BCUT2D eigenvalue weighted by Crippen LogP contribution is -2.76. The third kappa shape index (κ3) is 2.01. The SMILES string of the molecule is CCC1(CC)NC(=O)C(C)(C2CC2)N(C2CCCC2)C1=O. The van der Waals surface area contributed by atoms with Crippen molar-refractivity contribution >= 4 is 11.8 Å². The Morgan fingerprint density at radius 1 is 1.10 bits per heavy atom. The maximum atomic E-state index is 13.3. The van der Waals surface area contributed by atoms with E-state index in [9.17, 15) is 9.59 Å². The molecule has 3 fully saturated rings. The summed E-state index contributed by atoms with van der Waals surface area (Å²) in [6.07, 6.45) is 7.99. The molecule has 0 aromatic rings. The Kier molecular flexibility index (Phi) is 3.53. The van der Waals surface area contributed by atoms with Crippen LogP contribution in [-0.2, 0) is 9.59 Å². The summed E-state index contributed by atoms with van der Waals surface area (Å²) in [6, 6.07) is 0.270. The molecule has 0 spiro atoms. The van der Waals surface area contributed by atoms with E-state index in [-0.39, 0.29) is 17.9 Å². The van der Waals surface area contributed by atoms with Crippen molar-refractivity contribution in [2.24, 2.45) is 5.92 Å². The summed E-state index contributed by atoms with van der Waals surface area (Å²) in [5, 5.41) is 3.11. The normalized spacial score (nSPS) is 33.4. The van der Waals surface area contributed by atoms with E-state index in [1.807, 2.05) is 25.7 Å². The molecule has 1 atom stereocenters. The van der Waals surface area contributed by atoms with E-state index < -0.39 is 11.1 Å². The van der Waals surface area contributed by atoms with Gasteiger partial charge in [0.15, 0.2) is 0 Å². The molecule has 21 heavy (non-hydrogen) atoms. The molecule has 1 heterocycles. The molecule has 0 radical (unpaired) electrons. The largest absolute Gasteiger partial charge is 0.340 e. The zero-order chi connectivity index (χ0) is 15.3. The number of piperazine rings is 1. The van der Waals surface area contributed by atoms with Gasteiger partial charge in [0.2, 0.25) is 11.8 Å². The van der Waals surface area contributed by atoms with Gasteiger partial charge in [0.05, 0.1) is 0 Å². The van der Waals surface area contributed by atoms with Gasteiger partial charge in [0.25, 0.3) is 0 Å². The first-order valence-electron chi connectivity index (χ1n) is 8.66. The minimum atomic E-state index is -0.673. The molecule has 2 amide bonds. The number of carbonyl (C=O) groups excluding carboxylic acids is 2. The highest BCUT2D eigenvalue weighted by Crippen LogP contribution is 2.48. The van der Waals surface area contributed by atoms with Gasteiger partial charge >= 0.3 is 0 Å². The van der Waals surface area contributed by atoms with Crippen molar-refractivity contribution in [2.45, 2.75) is 89.3 Å². The molecule has 4 heteroatoms. The number of carbonyl (C=O) groups is 2. The maximum Gasteiger partial charge on any atom is 0.249 e. The lowest BCUT2D eigenvalue weighted by molar-refractivity contribution is -0.168. The monoisotopic (exact) mass is 292 g/mol. The van der Waals surface area contributed by atoms with E-state index in [1.54, 1.807) is 0 Å². The highest BCUT2D eigenvalue weighted by molar-refractivity contribution is 6.02. The van der Waals surface area contributed by atoms with Crippen molar-refractivity contribution in [3.8, 4) is 0 Å². The van der Waals surface area contributed by atoms with E-state index in [2.05, 4.69) is 5.32 Å². The minimum absolute atomic E-state index is 0.0835. The van der Waals surface area contributed by atoms with Crippen LogP contribution < -0.4 is 5.32 Å². The summed E-state index contributed by atoms with van der Waals surface area (Å²) in [6.45, 7) is 6.02. The summed E-state index contributed by atoms with van der Waals surface area (Å²) < 4.78 is 0. The first kappa shape index (κ1) is 14.9. The minimum Gasteiger partial charge on any atom is -0.340 e. The highest BCUT2D eigenvalue weighted by atomic mass is 16.2. The predicted octanol–water partition coefficient (Wildman–Crippen LogP) is 2.61. The fourth-order valence-corrected chi connectivity index (χ4v) is 4.41. The third-order valence-corrected chi connectivity index (χ3v) is 6.21. The van der Waals surface area contributed by atoms with E-state index in [4.69, 9.17) is 0 Å². The quantitative estimate of drug-likeness (QED) is 0.866. The number of nitrogens with zero attached hydrogens (tertiary/aromatic N) is 1. The van der Waals surface area contributed by atoms with Gasteiger partial charge in [-0.15, -0.1) is 0 Å². The molecule has 3 aliphatic rings. The van der Waals surface area contributed by atoms with Crippen molar-refractivity contribution in [3.05, 3.63) is 0 Å². The van der Waals surface area contributed by atoms with Crippen LogP contribution in [0.25, 0.3) is 0 Å². The first-order valence-corrected chi connectivity index (χ1v) is 8.66. The van der Waals surface area contributed by atoms with Crippen LogP contribution in [0.5, 0.6) is 0 Å². The molecule has 118 valence electrons. The van der Waals surface area contributed by atoms with Crippen molar-refractivity contribution in [1.29, 1.82) is 0 Å². The van der Waals surface area contributed by atoms with Crippen molar-refractivity contribution in [2.75, 3.05) is 0 Å². The molecule has 1 unspecified atom stereocenters. The number of amides is 2. The molecule has 1 N–H and O–H groups in total. The number of hydrogen-bond donors (Lipinski definition) is 1. The number of hydrogen-bond acceptors (Lipinski definition) is 2. The Bertz CT molecular complexity index is 448. The molecule has 2 aliphatic carbocycles. The van der Waals surface area contributed by atoms with Crippen LogP contribution in [-0.4, -0.2) is 33.8 Å². The molecule has 1 aliphatic heterocycles. The van der Waals surface area contributed by atoms with Gasteiger partial charge < -0.3 is 10.2 Å². The molecule has 0 aromatic carbocycles. The standard InChI is InChI=1S/C17H28N2O2/c1-4-17(5-2)15(21)19(13-8-6-7-9-13)16(3,12-10-11-12)14(20)18-17/h12-13H,4-11H2,1-3H3,(H,18,20). The van der Waals surface area contributed by atoms with Crippen LogP contribution in [0.4, 0.5) is 0 Å². The van der Waals surface area contributed by atoms with Gasteiger partial charge in [0.1, 0.15) is 11.1 Å². The van der Waals surface area contributed by atoms with E-state index in [0.717, 1.165) is 25.7 Å². The summed E-state index contributed by atoms with van der Waals surface area (Å²) in [5.41, 5.74) is -1.28. The zero-order valence-corrected chi connectivity index (χ0v) is 13.6. The molecule has 0 bridgehead atoms. The molecular weight excluding hydrogens is 264 g/mol. The fraction of sp³-hybridized carbons (Fsp3) is 0.882. The predicted molar refractivity (Wildman–Crippen MR) is 81.7 cm³/mol. The van der Waals surface area contributed by atoms with E-state index >= 15 is 0 Å². The second-order valence-electron chi connectivity index (χ2n) is 7.28. The number of nitrogens with one attached hydrogen (secondary N) is 1. The molecule has 2 saturated carbocycles. The second-order valence-corrected chi connectivity index (χ2v) is 7.28. The van der Waals surface area contributed by atoms with Crippen LogP contribution in [0.15, 0.2) is 0 Å². The molecule has 0 aromatic heterocycles. The third-order valence-electron chi connectivity index (χ3n) is 6.21. The lowest BCUT2D eigenvalue weighted by Gasteiger charge is -2.53. The zero-order valence-electron chi connectivity index (χ0n) is 13.6. The van der Waals surface area contributed by atoms with Crippen molar-refractivity contribution in [3.63, 3.8) is 0 Å². The average Bonchev–Trinajstić information content (AvgIpc) is 3.21. The fourth-order valence-electron chi connectivity index (χ4n) is 4.41. The van der Waals surface area contributed by atoms with Gasteiger partial charge in [-0.2, -0.15) is 0 Å². The molecule has 4 nitrogen and oxygen atoms in total. The second kappa shape index (κ2) is 4.99. The van der Waals surface area contributed by atoms with Crippen LogP contribution in [0.1, 0.15) is 72.1 Å². The van der Waals surface area contributed by atoms with Gasteiger partial charge in [-0.05, 0) is 51.4 Å². The average molecular weight is 292 g/mol. The van der Waals surface area contributed by atoms with Crippen LogP contribution in [0.2, 0.25) is 0 Å². The van der Waals surface area contributed by atoms with Crippen LogP contribution in [0.3, 0.4) is 0 Å². The van der Waals surface area contributed by atoms with Crippen molar-refractivity contribution < 1.29 is 9.59 Å². The molecule has 3 rings (SSSR count). The smallest absolute Gasteiger partial charge is 0.249 e. The lowest BCUT2D eigenvalue weighted by atomic mass is 9.79. The Balaban J connectivity index is 2.02. The Morgan fingerprint density at radius 2 is 1.67 bits per heavy atom. The Hall–Kier alpha value is -1.06. The van der Waals surface area contributed by atoms with Crippen LogP contribution in [0, 0.1) is 5.92 Å². The van der Waals surface area contributed by atoms with Crippen molar-refractivity contribution in [1.82, 2.24) is 10.2 Å². The van der Waals surface area contributed by atoms with Gasteiger partial charge in [0, 0.05) is 6.04 Å². The van der Waals surface area contributed by atoms with E-state index in [1.165, 1.54) is 12.8 Å². The first-order chi connectivity index (χ1) is 9.99. The number of rotatable bonds is 4. The highest BCUT2D eigenvalue weighted by Gasteiger charge is 2.62. The maximum absolute atomic E-state index is 13.3. The summed E-state index contributed by atoms with van der Waals surface area (Å²) in [4.78, 5) is 28.3. The van der Waals surface area contributed by atoms with E-state index in [0.29, 0.717) is 18.8 Å². The molecule has 1 saturated heterocycles. The Labute approximate surface area is 127 Å². The topological polar surface area (TPSA) is 49.4 Å². The molecular formula is C17H28N2O2. The van der Waals surface area contributed by atoms with Gasteiger partial charge in [-0.25, -0.2) is 0 Å². The summed E-state index contributed by atoms with van der Waals surface area (Å²) >= 11 is 0. The van der Waals surface area contributed by atoms with Gasteiger partial charge in [-0.1, -0.05) is 26.7 Å². The summed E-state index contributed by atoms with van der Waals surface area (Å²) in [7, 11) is 0. The Morgan fingerprint density at radius 3 is 2.14 bits per heavy atom. The van der Waals surface area contributed by atoms with Gasteiger partial charge in [-0.3, -0.25) is 9.59 Å². The summed E-state index contributed by atoms with van der Waals surface area (Å²) in [5.74, 6) is 0.613. The van der Waals surface area contributed by atoms with Crippen LogP contribution >= 0.6 is 0 Å².